The van der Waals surface area contributed by atoms with Crippen LogP contribution in [0.15, 0.2) is 182 Å². The van der Waals surface area contributed by atoms with E-state index < -0.39 is 0 Å². The lowest BCUT2D eigenvalue weighted by molar-refractivity contribution is 0.567. The van der Waals surface area contributed by atoms with Crippen LogP contribution in [0, 0.1) is 0 Å². The molecule has 0 amide bonds. The van der Waals surface area contributed by atoms with Crippen LogP contribution in [0.1, 0.15) is 211 Å². The van der Waals surface area contributed by atoms with Gasteiger partial charge in [-0.3, -0.25) is 19.6 Å². The van der Waals surface area contributed by atoms with E-state index in [4.69, 9.17) is 0 Å². The Labute approximate surface area is 520 Å². The third-order valence-corrected chi connectivity index (χ3v) is 17.8. The molecule has 8 aromatic carbocycles. The summed E-state index contributed by atoms with van der Waals surface area (Å²) in [6, 6.07) is 66.3. The van der Waals surface area contributed by atoms with Gasteiger partial charge in [0, 0.05) is 22.7 Å². The molecule has 86 heavy (non-hydrogen) atoms. The van der Waals surface area contributed by atoms with Crippen molar-refractivity contribution < 1.29 is 0 Å². The number of hydrogen-bond acceptors (Lipinski definition) is 4. The van der Waals surface area contributed by atoms with Gasteiger partial charge in [-0.05, 0) is 183 Å². The van der Waals surface area contributed by atoms with Gasteiger partial charge in [0.05, 0.1) is 22.7 Å². The maximum atomic E-state index is 2.67. The van der Waals surface area contributed by atoms with Gasteiger partial charge in [0.25, 0.3) is 0 Å². The Kier molecular flexibility index (Phi) is 15.3. The van der Waals surface area contributed by atoms with E-state index in [-0.39, 0.29) is 43.3 Å². The molecule has 0 radical (unpaired) electrons. The van der Waals surface area contributed by atoms with Gasteiger partial charge >= 0.3 is 0 Å². The Hall–Kier alpha value is -7.30. The summed E-state index contributed by atoms with van der Waals surface area (Å²) in [7, 11) is 0. The zero-order valence-corrected chi connectivity index (χ0v) is 57.0. The smallest absolute Gasteiger partial charge is 0.166 e. The van der Waals surface area contributed by atoms with Gasteiger partial charge in [0.15, 0.2) is 11.6 Å². The van der Waals surface area contributed by atoms with Crippen LogP contribution in [-0.2, 0) is 43.3 Å². The average Bonchev–Trinajstić information content (AvgIpc) is 1.55. The largest absolute Gasteiger partial charge is 0.291 e. The molecule has 0 aromatic heterocycles. The first-order valence-electron chi connectivity index (χ1n) is 31.7. The van der Waals surface area contributed by atoms with Gasteiger partial charge in [-0.15, -0.1) is 0 Å². The van der Waals surface area contributed by atoms with Crippen LogP contribution in [0.25, 0.3) is 22.3 Å². The van der Waals surface area contributed by atoms with Gasteiger partial charge in [0.2, 0.25) is 0 Å². The lowest BCUT2D eigenvalue weighted by Gasteiger charge is -2.37. The second-order valence-electron chi connectivity index (χ2n) is 33.2. The van der Waals surface area contributed by atoms with E-state index in [9.17, 15) is 0 Å². The molecular weight excluding hydrogens is 1040 g/mol. The summed E-state index contributed by atoms with van der Waals surface area (Å²) < 4.78 is 0. The number of nitrogens with zero attached hydrogens (tertiary/aromatic N) is 4. The molecule has 2 aliphatic heterocycles. The van der Waals surface area contributed by atoms with Crippen LogP contribution in [0.4, 0.5) is 45.5 Å². The summed E-state index contributed by atoms with van der Waals surface area (Å²) in [5.41, 5.74) is 22.8. The quantitative estimate of drug-likeness (QED) is 0.164. The molecule has 0 unspecified atom stereocenters. The van der Waals surface area contributed by atoms with Crippen LogP contribution in [-0.4, -0.2) is 0 Å². The maximum absolute atomic E-state index is 2.67. The Morgan fingerprint density at radius 1 is 0.186 bits per heavy atom. The molecule has 0 saturated heterocycles. The van der Waals surface area contributed by atoms with Crippen LogP contribution in [0.5, 0.6) is 0 Å². The molecule has 0 atom stereocenters. The van der Waals surface area contributed by atoms with Gasteiger partial charge in [-0.25, -0.2) is 0 Å². The maximum Gasteiger partial charge on any atom is 0.166 e. The highest BCUT2D eigenvalue weighted by Gasteiger charge is 2.47. The van der Waals surface area contributed by atoms with Crippen molar-refractivity contribution in [3.63, 3.8) is 0 Å². The summed E-state index contributed by atoms with van der Waals surface area (Å²) >= 11 is 0. The SMILES string of the molecule is CC(C)(C)c1cc(N2/C(=C3/N(c4cc(C(C)(C)C)cc(C(C)(C)C)c4)c4ccc(-c5ccccc5)cc4N3c3cc(C(C)(C)C)cc(C(C)(C)C)c3)N(c3cc(C(C)(C)C)cc(C(C)(C)C)c3)c3cc(-c4ccccc4)ccc32)cc(C(C)(C)C)c1. The zero-order valence-electron chi connectivity index (χ0n) is 57.0. The lowest BCUT2D eigenvalue weighted by atomic mass is 9.80. The number of anilines is 8. The van der Waals surface area contributed by atoms with E-state index in [0.717, 1.165) is 57.1 Å². The predicted molar refractivity (Wildman–Crippen MR) is 375 cm³/mol. The first-order chi connectivity index (χ1) is 39.7. The molecule has 0 fully saturated rings. The third-order valence-electron chi connectivity index (χ3n) is 17.8. The van der Waals surface area contributed by atoms with Gasteiger partial charge in [-0.2, -0.15) is 0 Å². The topological polar surface area (TPSA) is 13.0 Å². The number of hydrogen-bond donors (Lipinski definition) is 0. The molecule has 2 heterocycles. The molecule has 0 aliphatic carbocycles. The van der Waals surface area contributed by atoms with Crippen molar-refractivity contribution in [2.75, 3.05) is 19.6 Å². The van der Waals surface area contributed by atoms with E-state index in [2.05, 4.69) is 356 Å². The first-order valence-corrected chi connectivity index (χ1v) is 31.7. The van der Waals surface area contributed by atoms with Crippen molar-refractivity contribution in [3.05, 3.63) is 226 Å². The van der Waals surface area contributed by atoms with Crippen molar-refractivity contribution in [1.29, 1.82) is 0 Å². The van der Waals surface area contributed by atoms with Crippen LogP contribution < -0.4 is 19.6 Å². The van der Waals surface area contributed by atoms with Gasteiger partial charge in [-0.1, -0.05) is 263 Å². The molecule has 0 bridgehead atoms. The molecule has 4 heteroatoms. The molecule has 10 rings (SSSR count). The molecule has 448 valence electrons. The van der Waals surface area contributed by atoms with E-state index >= 15 is 0 Å². The molecule has 0 saturated carbocycles. The van der Waals surface area contributed by atoms with Crippen molar-refractivity contribution in [1.82, 2.24) is 0 Å². The van der Waals surface area contributed by atoms with Crippen LogP contribution >= 0.6 is 0 Å². The monoisotopic (exact) mass is 1140 g/mol. The fourth-order valence-electron chi connectivity index (χ4n) is 11.9. The lowest BCUT2D eigenvalue weighted by Crippen LogP contribution is -2.34. The van der Waals surface area contributed by atoms with Crippen LogP contribution in [0.3, 0.4) is 0 Å². The van der Waals surface area contributed by atoms with Crippen molar-refractivity contribution >= 4 is 45.5 Å². The first kappa shape index (κ1) is 61.8. The Balaban J connectivity index is 1.52. The average molecular weight is 1140 g/mol. The summed E-state index contributed by atoms with van der Waals surface area (Å²) in [4.78, 5) is 10.7. The summed E-state index contributed by atoms with van der Waals surface area (Å²) in [5, 5.41) is 0. The highest BCUT2D eigenvalue weighted by molar-refractivity contribution is 6.02. The van der Waals surface area contributed by atoms with E-state index in [0.29, 0.717) is 0 Å². The standard InChI is InChI=1S/C82H100N4/c1-75(2,3)57-41-58(76(4,5)6)46-65(45-57)83-69-37-35-55(53-31-27-25-28-32-53)39-71(69)85(67-49-61(79(13,14)15)43-62(50-67)80(16,17)18)73(83)74-84(66-47-59(77(7,8)9)42-60(48-66)78(10,11)12)70-38-36-56(54-33-29-26-30-34-54)40-72(70)86(74)68-51-63(81(19,20)21)44-64(52-68)82(22,23)24/h25-52H,1-24H3/b74-73+. The normalized spacial score (nSPS) is 15.4. The fraction of sp³-hybridized carbons (Fsp3) is 0.390. The Morgan fingerprint density at radius 2 is 0.384 bits per heavy atom. The van der Waals surface area contributed by atoms with Crippen LogP contribution in [0.2, 0.25) is 0 Å². The van der Waals surface area contributed by atoms with Gasteiger partial charge < -0.3 is 0 Å². The van der Waals surface area contributed by atoms with Crippen molar-refractivity contribution in [3.8, 4) is 22.3 Å². The van der Waals surface area contributed by atoms with E-state index in [1.807, 2.05) is 0 Å². The minimum absolute atomic E-state index is 0.158. The van der Waals surface area contributed by atoms with Gasteiger partial charge in [0.1, 0.15) is 0 Å². The number of fused-ring (bicyclic) bond motifs is 2. The summed E-state index contributed by atoms with van der Waals surface area (Å²) in [6.45, 7) is 56.8. The highest BCUT2D eigenvalue weighted by Crippen LogP contribution is 2.60. The molecule has 0 spiro atoms. The molecule has 4 nitrogen and oxygen atoms in total. The minimum atomic E-state index is -0.164. The number of benzene rings is 8. The van der Waals surface area contributed by atoms with E-state index in [1.165, 1.54) is 66.8 Å². The molecule has 2 aliphatic rings. The number of rotatable bonds is 6. The molecule has 8 aromatic rings. The summed E-state index contributed by atoms with van der Waals surface area (Å²) in [5.74, 6) is 2.10. The highest BCUT2D eigenvalue weighted by atomic mass is 15.5. The van der Waals surface area contributed by atoms with E-state index in [1.54, 1.807) is 0 Å². The minimum Gasteiger partial charge on any atom is -0.291 e. The zero-order chi connectivity index (χ0) is 62.8. The second kappa shape index (κ2) is 21.2. The molecule has 0 N–H and O–H groups in total. The second-order valence-corrected chi connectivity index (χ2v) is 33.2. The predicted octanol–water partition coefficient (Wildman–Crippen LogP) is 23.8. The third kappa shape index (κ3) is 12.1. The molecular formula is C82H100N4. The van der Waals surface area contributed by atoms with Crippen molar-refractivity contribution in [2.45, 2.75) is 209 Å². The Bertz CT molecular complexity index is 3500. The fourth-order valence-corrected chi connectivity index (χ4v) is 11.9. The summed E-state index contributed by atoms with van der Waals surface area (Å²) in [6.07, 6.45) is 0. The van der Waals surface area contributed by atoms with Crippen molar-refractivity contribution in [2.24, 2.45) is 0 Å². The Morgan fingerprint density at radius 3 is 0.581 bits per heavy atom.